The molecule has 160 valence electrons. The van der Waals surface area contributed by atoms with Crippen LogP contribution in [0, 0.1) is 10.8 Å². The number of sulfone groups is 1. The second-order valence-corrected chi connectivity index (χ2v) is 11.7. The lowest BCUT2D eigenvalue weighted by molar-refractivity contribution is -0.145. The summed E-state index contributed by atoms with van der Waals surface area (Å²) in [6.07, 6.45) is 4.02. The summed E-state index contributed by atoms with van der Waals surface area (Å²) in [6, 6.07) is 6.55. The number of carbonyl (C=O) groups excluding carboxylic acids is 1. The summed E-state index contributed by atoms with van der Waals surface area (Å²) in [7, 11) is -3.48. The summed E-state index contributed by atoms with van der Waals surface area (Å²) in [5.41, 5.74) is -1.37. The molecule has 0 radical (unpaired) electrons. The van der Waals surface area contributed by atoms with Crippen LogP contribution in [0.15, 0.2) is 45.8 Å². The van der Waals surface area contributed by atoms with Gasteiger partial charge in [0.05, 0.1) is 16.1 Å². The predicted octanol–water partition coefficient (Wildman–Crippen LogP) is 4.84. The fourth-order valence-corrected chi connectivity index (χ4v) is 6.04. The van der Waals surface area contributed by atoms with Gasteiger partial charge in [-0.2, -0.15) is 0 Å². The third kappa shape index (κ3) is 5.08. The van der Waals surface area contributed by atoms with E-state index in [4.69, 9.17) is 0 Å². The first-order chi connectivity index (χ1) is 13.3. The summed E-state index contributed by atoms with van der Waals surface area (Å²) >= 11 is 3.30. The van der Waals surface area contributed by atoms with Gasteiger partial charge in [0.2, 0.25) is 5.91 Å². The van der Waals surface area contributed by atoms with E-state index >= 15 is 0 Å². The first-order valence-electron chi connectivity index (χ1n) is 9.70. The summed E-state index contributed by atoms with van der Waals surface area (Å²) < 4.78 is 53.2. The van der Waals surface area contributed by atoms with Gasteiger partial charge in [0.25, 0.3) is 5.92 Å². The molecule has 2 unspecified atom stereocenters. The largest absolute Gasteiger partial charge is 0.342 e. The van der Waals surface area contributed by atoms with Gasteiger partial charge in [-0.3, -0.25) is 4.79 Å². The van der Waals surface area contributed by atoms with Crippen LogP contribution in [0.5, 0.6) is 0 Å². The minimum absolute atomic E-state index is 0.0433. The Hall–Kier alpha value is -1.28. The number of nitrogens with zero attached hydrogens (tertiary/aromatic N) is 1. The highest BCUT2D eigenvalue weighted by Gasteiger charge is 2.44. The van der Waals surface area contributed by atoms with E-state index in [1.165, 1.54) is 4.90 Å². The molecule has 0 saturated carbocycles. The Balaban J connectivity index is 1.71. The van der Waals surface area contributed by atoms with Gasteiger partial charge < -0.3 is 4.90 Å². The van der Waals surface area contributed by atoms with Crippen molar-refractivity contribution in [3.05, 3.63) is 40.9 Å². The van der Waals surface area contributed by atoms with Crippen molar-refractivity contribution in [2.75, 3.05) is 18.8 Å². The Morgan fingerprint density at radius 1 is 1.03 bits per heavy atom. The van der Waals surface area contributed by atoms with E-state index in [0.29, 0.717) is 12.8 Å². The number of likely N-dealkylation sites (tertiary alicyclic amines) is 1. The van der Waals surface area contributed by atoms with Gasteiger partial charge in [-0.1, -0.05) is 35.0 Å². The molecule has 8 heteroatoms. The number of piperidine rings is 1. The topological polar surface area (TPSA) is 54.5 Å². The molecule has 3 rings (SSSR count). The maximum atomic E-state index is 13.4. The van der Waals surface area contributed by atoms with Crippen molar-refractivity contribution in [1.29, 1.82) is 0 Å². The molecule has 1 aliphatic heterocycles. The Morgan fingerprint density at radius 2 is 1.62 bits per heavy atom. The van der Waals surface area contributed by atoms with Crippen LogP contribution < -0.4 is 0 Å². The van der Waals surface area contributed by atoms with Crippen LogP contribution in [-0.2, 0) is 14.6 Å². The summed E-state index contributed by atoms with van der Waals surface area (Å²) in [6.45, 7) is 3.81. The number of hydrogen-bond donors (Lipinski definition) is 0. The molecule has 2 aliphatic rings. The number of hydrogen-bond acceptors (Lipinski definition) is 3. The molecule has 0 N–H and O–H groups in total. The van der Waals surface area contributed by atoms with Gasteiger partial charge >= 0.3 is 0 Å². The molecule has 1 aromatic carbocycles. The standard InChI is InChI=1S/C21H26BrF2NO3S/c1-19(15-29(27,28)17-5-3-16(22)4-6-17)7-9-20(2,10-8-19)18(26)25-13-11-21(23,24)12-14-25/h3-7,9H,8,10-15H2,1-2H3. The molecular weight excluding hydrogens is 464 g/mol. The minimum atomic E-state index is -3.48. The number of carbonyl (C=O) groups is 1. The fourth-order valence-electron chi connectivity index (χ4n) is 3.95. The highest BCUT2D eigenvalue weighted by atomic mass is 79.9. The van der Waals surface area contributed by atoms with Crippen molar-refractivity contribution in [3.63, 3.8) is 0 Å². The minimum Gasteiger partial charge on any atom is -0.342 e. The Morgan fingerprint density at radius 3 is 2.14 bits per heavy atom. The van der Waals surface area contributed by atoms with Gasteiger partial charge in [-0.15, -0.1) is 0 Å². The zero-order chi connectivity index (χ0) is 21.5. The average Bonchev–Trinajstić information content (AvgIpc) is 2.64. The molecule has 0 aromatic heterocycles. The van der Waals surface area contributed by atoms with Gasteiger partial charge in [0, 0.05) is 30.4 Å². The molecule has 1 heterocycles. The molecule has 0 bridgehead atoms. The Labute approximate surface area is 179 Å². The van der Waals surface area contributed by atoms with Crippen molar-refractivity contribution < 1.29 is 22.0 Å². The molecule has 1 aliphatic carbocycles. The first kappa shape index (κ1) is 22.4. The SMILES string of the molecule is CC1(CS(=O)(=O)c2ccc(Br)cc2)C=CC(C)(C(=O)N2CCC(F)(F)CC2)CC1. The molecule has 1 amide bonds. The lowest BCUT2D eigenvalue weighted by Crippen LogP contribution is -2.49. The van der Waals surface area contributed by atoms with Crippen molar-refractivity contribution in [3.8, 4) is 0 Å². The molecule has 1 saturated heterocycles. The highest BCUT2D eigenvalue weighted by molar-refractivity contribution is 9.10. The van der Waals surface area contributed by atoms with Gasteiger partial charge in [0.1, 0.15) is 0 Å². The average molecular weight is 490 g/mol. The molecule has 29 heavy (non-hydrogen) atoms. The van der Waals surface area contributed by atoms with Crippen molar-refractivity contribution in [2.45, 2.75) is 50.3 Å². The van der Waals surface area contributed by atoms with Crippen LogP contribution in [0.3, 0.4) is 0 Å². The van der Waals surface area contributed by atoms with Crippen LogP contribution in [-0.4, -0.2) is 44.0 Å². The smallest absolute Gasteiger partial charge is 0.251 e. The van der Waals surface area contributed by atoms with Gasteiger partial charge in [0.15, 0.2) is 9.84 Å². The molecule has 0 spiro atoms. The second-order valence-electron chi connectivity index (χ2n) is 8.77. The van der Waals surface area contributed by atoms with Crippen LogP contribution in [0.2, 0.25) is 0 Å². The Bertz CT molecular complexity index is 906. The van der Waals surface area contributed by atoms with Crippen LogP contribution in [0.4, 0.5) is 8.78 Å². The van der Waals surface area contributed by atoms with Crippen LogP contribution in [0.25, 0.3) is 0 Å². The van der Waals surface area contributed by atoms with E-state index in [-0.39, 0.29) is 42.5 Å². The van der Waals surface area contributed by atoms with Crippen LogP contribution in [0.1, 0.15) is 39.5 Å². The molecule has 1 fully saturated rings. The van der Waals surface area contributed by atoms with E-state index in [1.54, 1.807) is 37.3 Å². The number of benzene rings is 1. The molecule has 2 atom stereocenters. The van der Waals surface area contributed by atoms with Crippen molar-refractivity contribution in [2.24, 2.45) is 10.8 Å². The third-order valence-corrected chi connectivity index (χ3v) is 8.59. The molecule has 4 nitrogen and oxygen atoms in total. The monoisotopic (exact) mass is 489 g/mol. The fraction of sp³-hybridized carbons (Fsp3) is 0.571. The molecular formula is C21H26BrF2NO3S. The highest BCUT2D eigenvalue weighted by Crippen LogP contribution is 2.43. The third-order valence-electron chi connectivity index (χ3n) is 6.03. The van der Waals surface area contributed by atoms with Gasteiger partial charge in [-0.05, 0) is 49.4 Å². The van der Waals surface area contributed by atoms with E-state index in [1.807, 2.05) is 13.0 Å². The summed E-state index contributed by atoms with van der Waals surface area (Å²) in [5, 5.41) is 0. The lowest BCUT2D eigenvalue weighted by Gasteiger charge is -2.41. The predicted molar refractivity (Wildman–Crippen MR) is 112 cm³/mol. The van der Waals surface area contributed by atoms with E-state index in [9.17, 15) is 22.0 Å². The zero-order valence-electron chi connectivity index (χ0n) is 16.6. The number of rotatable bonds is 4. The summed E-state index contributed by atoms with van der Waals surface area (Å²) in [5.74, 6) is -2.89. The summed E-state index contributed by atoms with van der Waals surface area (Å²) in [4.78, 5) is 14.7. The molecule has 1 aromatic rings. The normalized spacial score (nSPS) is 29.6. The number of allylic oxidation sites excluding steroid dienone is 1. The van der Waals surface area contributed by atoms with E-state index in [0.717, 1.165) is 4.47 Å². The van der Waals surface area contributed by atoms with Crippen LogP contribution >= 0.6 is 15.9 Å². The number of halogens is 3. The first-order valence-corrected chi connectivity index (χ1v) is 12.1. The van der Waals surface area contributed by atoms with Crippen molar-refractivity contribution in [1.82, 2.24) is 4.90 Å². The second kappa shape index (κ2) is 7.76. The van der Waals surface area contributed by atoms with E-state index < -0.39 is 26.6 Å². The zero-order valence-corrected chi connectivity index (χ0v) is 19.0. The Kier molecular flexibility index (Phi) is 6.00. The lowest BCUT2D eigenvalue weighted by atomic mass is 9.70. The number of amides is 1. The number of alkyl halides is 2. The maximum Gasteiger partial charge on any atom is 0.251 e. The van der Waals surface area contributed by atoms with Gasteiger partial charge in [-0.25, -0.2) is 17.2 Å². The van der Waals surface area contributed by atoms with E-state index in [2.05, 4.69) is 15.9 Å². The van der Waals surface area contributed by atoms with Crippen molar-refractivity contribution >= 4 is 31.7 Å². The maximum absolute atomic E-state index is 13.4. The quantitative estimate of drug-likeness (QED) is 0.568.